The maximum atomic E-state index is 12.3. The number of esters is 1. The summed E-state index contributed by atoms with van der Waals surface area (Å²) in [7, 11) is 0. The molecule has 0 aliphatic heterocycles. The van der Waals surface area contributed by atoms with Gasteiger partial charge in [-0.2, -0.15) is 0 Å². The number of carbonyl (C=O) groups excluding carboxylic acids is 1. The minimum atomic E-state index is -0.263. The van der Waals surface area contributed by atoms with Crippen LogP contribution in [0, 0.1) is 16.7 Å². The molecule has 2 fully saturated rings. The summed E-state index contributed by atoms with van der Waals surface area (Å²) in [5.41, 5.74) is 7.15. The fourth-order valence-electron chi connectivity index (χ4n) is 4.17. The number of fused-ring (bicyclic) bond motifs is 2. The molecule has 3 rings (SSSR count). The van der Waals surface area contributed by atoms with Gasteiger partial charge in [0.25, 0.3) is 0 Å². The Morgan fingerprint density at radius 3 is 2.67 bits per heavy atom. The SMILES string of the molecule is CC1(C)[C@H]2CC[C@]1(C)[C@H](OC(=O)c1ccc(CN)nc1)C2. The standard InChI is InChI=1S/C17H24N2O2/c1-16(2)12-6-7-17(16,3)14(8-12)21-15(20)11-4-5-13(9-18)19-10-11/h4-5,10,12,14H,6-9,18H2,1-3H3/t12-,14+,17+/m0/s1. The van der Waals surface area contributed by atoms with E-state index in [2.05, 4.69) is 25.8 Å². The van der Waals surface area contributed by atoms with Gasteiger partial charge in [-0.05, 0) is 42.7 Å². The van der Waals surface area contributed by atoms with Crippen LogP contribution in [0.25, 0.3) is 0 Å². The number of carbonyl (C=O) groups is 1. The van der Waals surface area contributed by atoms with Gasteiger partial charge in [0.05, 0.1) is 11.3 Å². The second kappa shape index (κ2) is 4.80. The van der Waals surface area contributed by atoms with Crippen molar-refractivity contribution in [3.63, 3.8) is 0 Å². The van der Waals surface area contributed by atoms with Crippen molar-refractivity contribution >= 4 is 5.97 Å². The number of aromatic nitrogens is 1. The first-order valence-corrected chi connectivity index (χ1v) is 7.74. The monoisotopic (exact) mass is 288 g/mol. The van der Waals surface area contributed by atoms with E-state index in [9.17, 15) is 4.79 Å². The lowest BCUT2D eigenvalue weighted by molar-refractivity contribution is -0.0242. The van der Waals surface area contributed by atoms with Gasteiger partial charge in [-0.3, -0.25) is 4.98 Å². The molecule has 114 valence electrons. The van der Waals surface area contributed by atoms with Crippen LogP contribution in [0.4, 0.5) is 0 Å². The highest BCUT2D eigenvalue weighted by molar-refractivity contribution is 5.89. The van der Waals surface area contributed by atoms with E-state index < -0.39 is 0 Å². The molecule has 21 heavy (non-hydrogen) atoms. The summed E-state index contributed by atoms with van der Waals surface area (Å²) in [5.74, 6) is 0.402. The molecule has 1 aromatic rings. The fraction of sp³-hybridized carbons (Fsp3) is 0.647. The van der Waals surface area contributed by atoms with Crippen molar-refractivity contribution in [3.8, 4) is 0 Å². The third-order valence-electron chi connectivity index (χ3n) is 6.23. The average Bonchev–Trinajstić information content (AvgIpc) is 2.80. The van der Waals surface area contributed by atoms with Crippen molar-refractivity contribution in [2.24, 2.45) is 22.5 Å². The van der Waals surface area contributed by atoms with Crippen LogP contribution in [0.1, 0.15) is 56.1 Å². The van der Waals surface area contributed by atoms with Crippen molar-refractivity contribution in [3.05, 3.63) is 29.6 Å². The molecule has 0 amide bonds. The Labute approximate surface area is 126 Å². The van der Waals surface area contributed by atoms with Crippen LogP contribution in [0.5, 0.6) is 0 Å². The molecule has 0 radical (unpaired) electrons. The first kappa shape index (κ1) is 14.5. The first-order valence-electron chi connectivity index (χ1n) is 7.74. The molecule has 4 nitrogen and oxygen atoms in total. The van der Waals surface area contributed by atoms with E-state index in [1.54, 1.807) is 18.3 Å². The van der Waals surface area contributed by atoms with Gasteiger partial charge < -0.3 is 10.5 Å². The van der Waals surface area contributed by atoms with Gasteiger partial charge >= 0.3 is 5.97 Å². The van der Waals surface area contributed by atoms with E-state index in [0.717, 1.165) is 18.5 Å². The number of pyridine rings is 1. The topological polar surface area (TPSA) is 65.2 Å². The fourth-order valence-corrected chi connectivity index (χ4v) is 4.17. The third-order valence-corrected chi connectivity index (χ3v) is 6.23. The van der Waals surface area contributed by atoms with Gasteiger partial charge in [0, 0.05) is 18.2 Å². The van der Waals surface area contributed by atoms with E-state index >= 15 is 0 Å². The molecule has 0 aromatic carbocycles. The maximum absolute atomic E-state index is 12.3. The summed E-state index contributed by atoms with van der Waals surface area (Å²) in [6.45, 7) is 7.28. The Morgan fingerprint density at radius 2 is 2.19 bits per heavy atom. The average molecular weight is 288 g/mol. The third kappa shape index (κ3) is 2.08. The molecule has 1 aromatic heterocycles. The Balaban J connectivity index is 1.74. The van der Waals surface area contributed by atoms with Crippen LogP contribution in [0.3, 0.4) is 0 Å². The number of nitrogens with two attached hydrogens (primary N) is 1. The summed E-state index contributed by atoms with van der Waals surface area (Å²) < 4.78 is 5.83. The molecule has 0 unspecified atom stereocenters. The highest BCUT2D eigenvalue weighted by atomic mass is 16.5. The van der Waals surface area contributed by atoms with E-state index in [1.165, 1.54) is 6.42 Å². The van der Waals surface area contributed by atoms with Crippen LogP contribution in [0.2, 0.25) is 0 Å². The minimum Gasteiger partial charge on any atom is -0.458 e. The quantitative estimate of drug-likeness (QED) is 0.869. The van der Waals surface area contributed by atoms with Gasteiger partial charge in [0.1, 0.15) is 6.10 Å². The molecule has 2 aliphatic rings. The van der Waals surface area contributed by atoms with Gasteiger partial charge in [0.15, 0.2) is 0 Å². The molecule has 2 saturated carbocycles. The zero-order valence-corrected chi connectivity index (χ0v) is 13.1. The lowest BCUT2D eigenvalue weighted by atomic mass is 9.70. The number of hydrogen-bond acceptors (Lipinski definition) is 4. The maximum Gasteiger partial charge on any atom is 0.339 e. The van der Waals surface area contributed by atoms with Crippen LogP contribution in [-0.2, 0) is 11.3 Å². The van der Waals surface area contributed by atoms with Crippen LogP contribution < -0.4 is 5.73 Å². The Hall–Kier alpha value is -1.42. The summed E-state index contributed by atoms with van der Waals surface area (Å²) >= 11 is 0. The number of hydrogen-bond donors (Lipinski definition) is 1. The second-order valence-corrected chi connectivity index (χ2v) is 7.25. The summed E-state index contributed by atoms with van der Waals surface area (Å²) in [6.07, 6.45) is 4.97. The smallest absolute Gasteiger partial charge is 0.339 e. The van der Waals surface area contributed by atoms with E-state index in [1.807, 2.05) is 0 Å². The molecule has 3 atom stereocenters. The second-order valence-electron chi connectivity index (χ2n) is 7.25. The van der Waals surface area contributed by atoms with E-state index in [4.69, 9.17) is 10.5 Å². The van der Waals surface area contributed by atoms with Gasteiger partial charge in [-0.1, -0.05) is 20.8 Å². The highest BCUT2D eigenvalue weighted by Gasteiger charge is 2.62. The van der Waals surface area contributed by atoms with E-state index in [0.29, 0.717) is 18.0 Å². The highest BCUT2D eigenvalue weighted by Crippen LogP contribution is 2.66. The molecular formula is C17H24N2O2. The molecule has 2 aliphatic carbocycles. The van der Waals surface area contributed by atoms with Crippen molar-refractivity contribution in [1.29, 1.82) is 0 Å². The number of nitrogens with zero attached hydrogens (tertiary/aromatic N) is 1. The lowest BCUT2D eigenvalue weighted by Crippen LogP contribution is -2.38. The predicted octanol–water partition coefficient (Wildman–Crippen LogP) is 2.91. The molecule has 1 heterocycles. The van der Waals surface area contributed by atoms with E-state index in [-0.39, 0.29) is 22.9 Å². The lowest BCUT2D eigenvalue weighted by Gasteiger charge is -2.38. The molecular weight excluding hydrogens is 264 g/mol. The summed E-state index contributed by atoms with van der Waals surface area (Å²) in [5, 5.41) is 0. The molecule has 2 bridgehead atoms. The summed E-state index contributed by atoms with van der Waals surface area (Å²) in [4.78, 5) is 16.5. The van der Waals surface area contributed by atoms with Crippen LogP contribution >= 0.6 is 0 Å². The van der Waals surface area contributed by atoms with Crippen LogP contribution in [0.15, 0.2) is 18.3 Å². The van der Waals surface area contributed by atoms with Gasteiger partial charge in [0.2, 0.25) is 0 Å². The Kier molecular flexibility index (Phi) is 3.32. The summed E-state index contributed by atoms with van der Waals surface area (Å²) in [6, 6.07) is 3.53. The Morgan fingerprint density at radius 1 is 1.43 bits per heavy atom. The molecule has 0 saturated heterocycles. The number of rotatable bonds is 3. The van der Waals surface area contributed by atoms with Crippen molar-refractivity contribution in [2.75, 3.05) is 0 Å². The molecule has 4 heteroatoms. The van der Waals surface area contributed by atoms with Gasteiger partial charge in [-0.25, -0.2) is 4.79 Å². The Bertz CT molecular complexity index is 552. The molecule has 0 spiro atoms. The normalized spacial score (nSPS) is 33.1. The first-order chi connectivity index (χ1) is 9.88. The zero-order valence-electron chi connectivity index (χ0n) is 13.1. The number of ether oxygens (including phenoxy) is 1. The van der Waals surface area contributed by atoms with Gasteiger partial charge in [-0.15, -0.1) is 0 Å². The van der Waals surface area contributed by atoms with Crippen molar-refractivity contribution in [1.82, 2.24) is 4.98 Å². The molecule has 2 N–H and O–H groups in total. The van der Waals surface area contributed by atoms with Crippen LogP contribution in [-0.4, -0.2) is 17.1 Å². The van der Waals surface area contributed by atoms with Crippen molar-refractivity contribution < 1.29 is 9.53 Å². The minimum absolute atomic E-state index is 0.0212. The largest absolute Gasteiger partial charge is 0.458 e. The predicted molar refractivity (Wildman–Crippen MR) is 80.6 cm³/mol. The zero-order chi connectivity index (χ0) is 15.3. The van der Waals surface area contributed by atoms with Crippen molar-refractivity contribution in [2.45, 2.75) is 52.7 Å².